The van der Waals surface area contributed by atoms with E-state index < -0.39 is 4.92 Å². The summed E-state index contributed by atoms with van der Waals surface area (Å²) in [5.41, 5.74) is 1.25. The van der Waals surface area contributed by atoms with Crippen LogP contribution in [0.3, 0.4) is 0 Å². The van der Waals surface area contributed by atoms with E-state index in [-0.39, 0.29) is 5.82 Å². The first-order chi connectivity index (χ1) is 6.68. The highest BCUT2D eigenvalue weighted by Gasteiger charge is 2.22. The average Bonchev–Trinajstić information content (AvgIpc) is 2.16. The molecule has 0 spiro atoms. The van der Waals surface area contributed by atoms with Crippen LogP contribution in [0.15, 0.2) is 6.07 Å². The molecule has 2 heterocycles. The molecule has 1 aromatic heterocycles. The molecule has 0 amide bonds. The number of nitrogens with zero attached hydrogens (tertiary/aromatic N) is 2. The van der Waals surface area contributed by atoms with Gasteiger partial charge in [-0.2, -0.15) is 0 Å². The van der Waals surface area contributed by atoms with Crippen molar-refractivity contribution in [3.8, 4) is 5.75 Å². The first-order valence-corrected chi connectivity index (χ1v) is 4.46. The standard InChI is InChI=1S/C9H10N2O3/c1-6-5-8-7(3-2-4-14-8)10-9(6)11(12)13/h5H,2-4H2,1H3. The fourth-order valence-electron chi connectivity index (χ4n) is 1.53. The highest BCUT2D eigenvalue weighted by molar-refractivity contribution is 5.42. The van der Waals surface area contributed by atoms with Gasteiger partial charge in [0.15, 0.2) is 11.4 Å². The third-order valence-electron chi connectivity index (χ3n) is 2.21. The van der Waals surface area contributed by atoms with Crippen molar-refractivity contribution < 1.29 is 9.66 Å². The molecular weight excluding hydrogens is 184 g/mol. The Kier molecular flexibility index (Phi) is 2.07. The summed E-state index contributed by atoms with van der Waals surface area (Å²) in [5.74, 6) is 0.633. The largest absolute Gasteiger partial charge is 0.489 e. The van der Waals surface area contributed by atoms with Gasteiger partial charge in [0.2, 0.25) is 0 Å². The van der Waals surface area contributed by atoms with E-state index in [1.165, 1.54) is 0 Å². The van der Waals surface area contributed by atoms with Gasteiger partial charge in [-0.25, -0.2) is 0 Å². The van der Waals surface area contributed by atoms with Crippen LogP contribution in [0.5, 0.6) is 5.75 Å². The summed E-state index contributed by atoms with van der Waals surface area (Å²) in [6.07, 6.45) is 1.64. The number of hydrogen-bond acceptors (Lipinski definition) is 4. The predicted octanol–water partition coefficient (Wildman–Crippen LogP) is 1.62. The second-order valence-corrected chi connectivity index (χ2v) is 3.28. The molecule has 5 nitrogen and oxygen atoms in total. The molecule has 5 heteroatoms. The van der Waals surface area contributed by atoms with Crippen molar-refractivity contribution in [3.05, 3.63) is 27.4 Å². The molecule has 0 fully saturated rings. The fourth-order valence-corrected chi connectivity index (χ4v) is 1.53. The van der Waals surface area contributed by atoms with E-state index in [2.05, 4.69) is 4.98 Å². The van der Waals surface area contributed by atoms with Gasteiger partial charge in [-0.1, -0.05) is 0 Å². The first-order valence-electron chi connectivity index (χ1n) is 4.46. The number of pyridine rings is 1. The molecule has 0 bridgehead atoms. The Hall–Kier alpha value is -1.65. The van der Waals surface area contributed by atoms with Gasteiger partial charge in [0.05, 0.1) is 12.2 Å². The van der Waals surface area contributed by atoms with Gasteiger partial charge in [-0.15, -0.1) is 0 Å². The van der Waals surface area contributed by atoms with Crippen LogP contribution in [0.25, 0.3) is 0 Å². The van der Waals surface area contributed by atoms with Crippen LogP contribution in [0.4, 0.5) is 5.82 Å². The molecule has 0 aromatic carbocycles. The zero-order valence-corrected chi connectivity index (χ0v) is 7.82. The van der Waals surface area contributed by atoms with Crippen LogP contribution in [-0.2, 0) is 6.42 Å². The maximum atomic E-state index is 10.6. The number of nitro groups is 1. The number of ether oxygens (including phenoxy) is 1. The van der Waals surface area contributed by atoms with E-state index in [0.29, 0.717) is 23.6 Å². The molecule has 0 N–H and O–H groups in total. The number of rotatable bonds is 1. The Morgan fingerprint density at radius 1 is 1.64 bits per heavy atom. The molecule has 0 atom stereocenters. The molecule has 2 rings (SSSR count). The molecule has 0 saturated heterocycles. The van der Waals surface area contributed by atoms with Crippen molar-refractivity contribution in [1.29, 1.82) is 0 Å². The third kappa shape index (κ3) is 1.41. The van der Waals surface area contributed by atoms with Gasteiger partial charge in [-0.3, -0.25) is 0 Å². The van der Waals surface area contributed by atoms with Crippen molar-refractivity contribution >= 4 is 5.82 Å². The van der Waals surface area contributed by atoms with E-state index in [1.54, 1.807) is 13.0 Å². The van der Waals surface area contributed by atoms with Crippen molar-refractivity contribution in [2.75, 3.05) is 6.61 Å². The van der Waals surface area contributed by atoms with Gasteiger partial charge in [0, 0.05) is 6.42 Å². The summed E-state index contributed by atoms with van der Waals surface area (Å²) < 4.78 is 5.35. The average molecular weight is 194 g/mol. The summed E-state index contributed by atoms with van der Waals surface area (Å²) in [7, 11) is 0. The van der Waals surface area contributed by atoms with E-state index >= 15 is 0 Å². The predicted molar refractivity (Wildman–Crippen MR) is 49.4 cm³/mol. The van der Waals surface area contributed by atoms with Crippen LogP contribution >= 0.6 is 0 Å². The highest BCUT2D eigenvalue weighted by atomic mass is 16.6. The normalized spacial score (nSPS) is 14.4. The Balaban J connectivity index is 2.50. The Labute approximate surface area is 80.9 Å². The highest BCUT2D eigenvalue weighted by Crippen LogP contribution is 2.28. The molecule has 0 aliphatic carbocycles. The number of hydrogen-bond donors (Lipinski definition) is 0. The summed E-state index contributed by atoms with van der Waals surface area (Å²) in [4.78, 5) is 14.1. The van der Waals surface area contributed by atoms with Crippen molar-refractivity contribution in [2.45, 2.75) is 19.8 Å². The molecule has 1 aliphatic rings. The second kappa shape index (κ2) is 3.25. The lowest BCUT2D eigenvalue weighted by Crippen LogP contribution is -2.11. The van der Waals surface area contributed by atoms with E-state index in [9.17, 15) is 10.1 Å². The summed E-state index contributed by atoms with van der Waals surface area (Å²) >= 11 is 0. The summed E-state index contributed by atoms with van der Waals surface area (Å²) in [6, 6.07) is 1.69. The van der Waals surface area contributed by atoms with Crippen molar-refractivity contribution in [2.24, 2.45) is 0 Å². The minimum Gasteiger partial charge on any atom is -0.489 e. The van der Waals surface area contributed by atoms with Crippen LogP contribution in [-0.4, -0.2) is 16.5 Å². The maximum Gasteiger partial charge on any atom is 0.366 e. The molecule has 1 aromatic rings. The van der Waals surface area contributed by atoms with Gasteiger partial charge in [0.25, 0.3) is 0 Å². The minimum atomic E-state index is -0.454. The van der Waals surface area contributed by atoms with Gasteiger partial charge in [-0.05, 0) is 29.3 Å². The lowest BCUT2D eigenvalue weighted by Gasteiger charge is -2.13. The minimum absolute atomic E-state index is 0.0609. The SMILES string of the molecule is Cc1cc2c(nc1[N+](=O)[O-])CCCO2. The molecule has 0 saturated carbocycles. The first kappa shape index (κ1) is 8.93. The lowest BCUT2D eigenvalue weighted by molar-refractivity contribution is -0.390. The van der Waals surface area contributed by atoms with E-state index in [0.717, 1.165) is 12.8 Å². The van der Waals surface area contributed by atoms with Crippen LogP contribution < -0.4 is 4.74 Å². The monoisotopic (exact) mass is 194 g/mol. The van der Waals surface area contributed by atoms with Gasteiger partial charge >= 0.3 is 5.82 Å². The topological polar surface area (TPSA) is 65.3 Å². The Morgan fingerprint density at radius 3 is 3.14 bits per heavy atom. The van der Waals surface area contributed by atoms with Crippen LogP contribution in [0.1, 0.15) is 17.7 Å². The lowest BCUT2D eigenvalue weighted by atomic mass is 10.1. The summed E-state index contributed by atoms with van der Waals surface area (Å²) in [5, 5.41) is 10.6. The maximum absolute atomic E-state index is 10.6. The third-order valence-corrected chi connectivity index (χ3v) is 2.21. The van der Waals surface area contributed by atoms with Crippen molar-refractivity contribution in [3.63, 3.8) is 0 Å². The quantitative estimate of drug-likeness (QED) is 0.503. The Morgan fingerprint density at radius 2 is 2.43 bits per heavy atom. The molecule has 14 heavy (non-hydrogen) atoms. The zero-order chi connectivity index (χ0) is 10.1. The van der Waals surface area contributed by atoms with Gasteiger partial charge in [0.1, 0.15) is 0 Å². The molecule has 0 unspecified atom stereocenters. The molecule has 74 valence electrons. The van der Waals surface area contributed by atoms with Crippen LogP contribution in [0, 0.1) is 17.0 Å². The summed E-state index contributed by atoms with van der Waals surface area (Å²) in [6.45, 7) is 2.34. The number of aryl methyl sites for hydroxylation is 2. The number of fused-ring (bicyclic) bond motifs is 1. The van der Waals surface area contributed by atoms with Crippen molar-refractivity contribution in [1.82, 2.24) is 4.98 Å². The van der Waals surface area contributed by atoms with Gasteiger partial charge < -0.3 is 14.9 Å². The molecule has 0 radical (unpaired) electrons. The number of aromatic nitrogens is 1. The van der Waals surface area contributed by atoms with E-state index in [4.69, 9.17) is 4.74 Å². The van der Waals surface area contributed by atoms with Crippen LogP contribution in [0.2, 0.25) is 0 Å². The van der Waals surface area contributed by atoms with E-state index in [1.807, 2.05) is 0 Å². The smallest absolute Gasteiger partial charge is 0.366 e. The fraction of sp³-hybridized carbons (Fsp3) is 0.444. The zero-order valence-electron chi connectivity index (χ0n) is 7.82. The molecular formula is C9H10N2O3. The Bertz CT molecular complexity index is 390. The second-order valence-electron chi connectivity index (χ2n) is 3.28. The molecule has 1 aliphatic heterocycles.